The summed E-state index contributed by atoms with van der Waals surface area (Å²) in [6, 6.07) is 0. The van der Waals surface area contributed by atoms with Crippen molar-refractivity contribution in [3.63, 3.8) is 0 Å². The monoisotopic (exact) mass is 160 g/mol. The molecule has 0 aliphatic heterocycles. The largest absolute Gasteiger partial charge is 0.447 e. The normalized spacial score (nSPS) is 12.6. The minimum Gasteiger partial charge on any atom is -0.447 e. The molecule has 0 saturated heterocycles. The maximum Gasteiger partial charge on any atom is 0.304 e. The van der Waals surface area contributed by atoms with Crippen molar-refractivity contribution in [3.8, 4) is 0 Å². The van der Waals surface area contributed by atoms with E-state index in [1.165, 1.54) is 6.92 Å². The zero-order valence-electron chi connectivity index (χ0n) is 6.88. The van der Waals surface area contributed by atoms with Crippen LogP contribution >= 0.6 is 0 Å². The topological polar surface area (TPSA) is 78.3 Å². The second-order valence-electron chi connectivity index (χ2n) is 2.43. The lowest BCUT2D eigenvalue weighted by Gasteiger charge is -2.10. The van der Waals surface area contributed by atoms with Crippen molar-refractivity contribution in [2.24, 2.45) is 11.5 Å². The van der Waals surface area contributed by atoms with Crippen LogP contribution in [-0.4, -0.2) is 18.7 Å². The van der Waals surface area contributed by atoms with Gasteiger partial charge >= 0.3 is 5.97 Å². The van der Waals surface area contributed by atoms with E-state index in [-0.39, 0.29) is 5.97 Å². The third-order valence-electron chi connectivity index (χ3n) is 1.26. The quantitative estimate of drug-likeness (QED) is 0.336. The first-order chi connectivity index (χ1) is 5.16. The third kappa shape index (κ3) is 7.29. The summed E-state index contributed by atoms with van der Waals surface area (Å²) < 4.78 is 4.69. The summed E-state index contributed by atoms with van der Waals surface area (Å²) in [5.74, 6) is -0.328. The van der Waals surface area contributed by atoms with Gasteiger partial charge in [-0.05, 0) is 25.8 Å². The van der Waals surface area contributed by atoms with Gasteiger partial charge in [-0.15, -0.1) is 0 Å². The van der Waals surface area contributed by atoms with Gasteiger partial charge in [0, 0.05) is 6.92 Å². The Labute approximate surface area is 66.9 Å². The maximum atomic E-state index is 10.4. The maximum absolute atomic E-state index is 10.4. The van der Waals surface area contributed by atoms with E-state index in [0.29, 0.717) is 13.0 Å². The Bertz CT molecular complexity index is 117. The van der Waals surface area contributed by atoms with Crippen LogP contribution < -0.4 is 11.5 Å². The van der Waals surface area contributed by atoms with Crippen LogP contribution in [-0.2, 0) is 9.53 Å². The Morgan fingerprint density at radius 3 is 2.64 bits per heavy atom. The van der Waals surface area contributed by atoms with E-state index in [1.54, 1.807) is 0 Å². The smallest absolute Gasteiger partial charge is 0.304 e. The lowest BCUT2D eigenvalue weighted by Crippen LogP contribution is -2.25. The van der Waals surface area contributed by atoms with Crippen LogP contribution in [0.15, 0.2) is 0 Å². The average molecular weight is 160 g/mol. The standard InChI is InChI=1S/C7H16N2O2/c1-6(10)11-7(9)4-2-3-5-8/h7H,2-5,8-9H2,1H3/t7-/m1/s1. The molecule has 11 heavy (non-hydrogen) atoms. The number of nitrogens with two attached hydrogens (primary N) is 2. The summed E-state index contributed by atoms with van der Waals surface area (Å²) in [5, 5.41) is 0. The van der Waals surface area contributed by atoms with Crippen molar-refractivity contribution in [1.29, 1.82) is 0 Å². The first kappa shape index (κ1) is 10.4. The third-order valence-corrected chi connectivity index (χ3v) is 1.26. The molecule has 0 fully saturated rings. The minimum absolute atomic E-state index is 0.328. The van der Waals surface area contributed by atoms with E-state index >= 15 is 0 Å². The van der Waals surface area contributed by atoms with Crippen LogP contribution in [0, 0.1) is 0 Å². The highest BCUT2D eigenvalue weighted by Crippen LogP contribution is 1.98. The van der Waals surface area contributed by atoms with Crippen molar-refractivity contribution < 1.29 is 9.53 Å². The molecule has 0 unspecified atom stereocenters. The van der Waals surface area contributed by atoms with Gasteiger partial charge in [0.15, 0.2) is 6.23 Å². The summed E-state index contributed by atoms with van der Waals surface area (Å²) >= 11 is 0. The van der Waals surface area contributed by atoms with E-state index in [4.69, 9.17) is 16.2 Å². The van der Waals surface area contributed by atoms with Crippen molar-refractivity contribution in [3.05, 3.63) is 0 Å². The number of unbranched alkanes of at least 4 members (excludes halogenated alkanes) is 1. The average Bonchev–Trinajstić information content (AvgIpc) is 1.86. The molecule has 1 atom stereocenters. The molecule has 0 aromatic rings. The van der Waals surface area contributed by atoms with Gasteiger partial charge in [-0.2, -0.15) is 0 Å². The molecule has 0 aromatic heterocycles. The predicted molar refractivity (Wildman–Crippen MR) is 42.6 cm³/mol. The molecule has 0 radical (unpaired) electrons. The second-order valence-corrected chi connectivity index (χ2v) is 2.43. The SMILES string of the molecule is CC(=O)O[C@@H](N)CCCCN. The van der Waals surface area contributed by atoms with Gasteiger partial charge in [-0.3, -0.25) is 10.5 Å². The summed E-state index contributed by atoms with van der Waals surface area (Å²) in [7, 11) is 0. The number of rotatable bonds is 5. The zero-order valence-corrected chi connectivity index (χ0v) is 6.88. The Balaban J connectivity index is 3.22. The number of hydrogen-bond donors (Lipinski definition) is 2. The van der Waals surface area contributed by atoms with Crippen molar-refractivity contribution in [2.45, 2.75) is 32.4 Å². The molecule has 0 bridgehead atoms. The molecule has 4 nitrogen and oxygen atoms in total. The van der Waals surface area contributed by atoms with Gasteiger partial charge in [0.2, 0.25) is 0 Å². The summed E-state index contributed by atoms with van der Waals surface area (Å²) in [6.45, 7) is 2.01. The van der Waals surface area contributed by atoms with Gasteiger partial charge in [0.25, 0.3) is 0 Å². The molecule has 0 aliphatic carbocycles. The van der Waals surface area contributed by atoms with Gasteiger partial charge < -0.3 is 10.5 Å². The van der Waals surface area contributed by atoms with E-state index < -0.39 is 6.23 Å². The minimum atomic E-state index is -0.459. The molecular weight excluding hydrogens is 144 g/mol. The number of hydrogen-bond acceptors (Lipinski definition) is 4. The number of carbonyl (C=O) groups is 1. The highest BCUT2D eigenvalue weighted by molar-refractivity contribution is 5.66. The van der Waals surface area contributed by atoms with E-state index in [0.717, 1.165) is 12.8 Å². The number of ether oxygens (including phenoxy) is 1. The molecule has 66 valence electrons. The van der Waals surface area contributed by atoms with Crippen LogP contribution in [0.2, 0.25) is 0 Å². The Morgan fingerprint density at radius 1 is 1.55 bits per heavy atom. The molecule has 4 heteroatoms. The van der Waals surface area contributed by atoms with Gasteiger partial charge in [0.1, 0.15) is 0 Å². The second kappa shape index (κ2) is 6.12. The molecule has 0 saturated carbocycles. The van der Waals surface area contributed by atoms with Gasteiger partial charge in [-0.25, -0.2) is 0 Å². The molecule has 0 spiro atoms. The molecule has 4 N–H and O–H groups in total. The van der Waals surface area contributed by atoms with Crippen LogP contribution in [0.1, 0.15) is 26.2 Å². The number of carbonyl (C=O) groups excluding carboxylic acids is 1. The van der Waals surface area contributed by atoms with Crippen molar-refractivity contribution in [1.82, 2.24) is 0 Å². The van der Waals surface area contributed by atoms with E-state index in [9.17, 15) is 4.79 Å². The lowest BCUT2D eigenvalue weighted by molar-refractivity contribution is -0.146. The highest BCUT2D eigenvalue weighted by Gasteiger charge is 2.03. The Hall–Kier alpha value is -0.610. The van der Waals surface area contributed by atoms with E-state index in [1.807, 2.05) is 0 Å². The molecular formula is C7H16N2O2. The fourth-order valence-corrected chi connectivity index (χ4v) is 0.762. The Morgan fingerprint density at radius 2 is 2.18 bits per heavy atom. The van der Waals surface area contributed by atoms with Crippen LogP contribution in [0.4, 0.5) is 0 Å². The lowest BCUT2D eigenvalue weighted by atomic mass is 10.2. The van der Waals surface area contributed by atoms with E-state index in [2.05, 4.69) is 0 Å². The number of esters is 1. The fraction of sp³-hybridized carbons (Fsp3) is 0.857. The Kier molecular flexibility index (Phi) is 5.78. The summed E-state index contributed by atoms with van der Waals surface area (Å²) in [5.41, 5.74) is 10.7. The fourth-order valence-electron chi connectivity index (χ4n) is 0.762. The first-order valence-electron chi connectivity index (χ1n) is 3.79. The van der Waals surface area contributed by atoms with Crippen molar-refractivity contribution in [2.75, 3.05) is 6.54 Å². The first-order valence-corrected chi connectivity index (χ1v) is 3.79. The van der Waals surface area contributed by atoms with Crippen LogP contribution in [0.3, 0.4) is 0 Å². The summed E-state index contributed by atoms with van der Waals surface area (Å²) in [6.07, 6.45) is 2.07. The zero-order chi connectivity index (χ0) is 8.69. The molecule has 0 rings (SSSR count). The van der Waals surface area contributed by atoms with Gasteiger partial charge in [0.05, 0.1) is 0 Å². The molecule has 0 amide bonds. The predicted octanol–water partition coefficient (Wildman–Crippen LogP) is -0.0367. The molecule has 0 heterocycles. The van der Waals surface area contributed by atoms with Gasteiger partial charge in [-0.1, -0.05) is 0 Å². The summed E-state index contributed by atoms with van der Waals surface area (Å²) in [4.78, 5) is 10.4. The van der Waals surface area contributed by atoms with Crippen molar-refractivity contribution >= 4 is 5.97 Å². The van der Waals surface area contributed by atoms with Crippen LogP contribution in [0.25, 0.3) is 0 Å². The highest BCUT2D eigenvalue weighted by atomic mass is 16.5. The molecule has 0 aromatic carbocycles. The van der Waals surface area contributed by atoms with Crippen LogP contribution in [0.5, 0.6) is 0 Å². The molecule has 0 aliphatic rings.